The van der Waals surface area contributed by atoms with Crippen molar-refractivity contribution in [3.63, 3.8) is 0 Å². The molecule has 0 atom stereocenters. The predicted molar refractivity (Wildman–Crippen MR) is 121 cm³/mol. The Kier molecular flexibility index (Phi) is 6.30. The van der Waals surface area contributed by atoms with E-state index in [9.17, 15) is 22.8 Å². The molecule has 1 aliphatic rings. The van der Waals surface area contributed by atoms with Crippen LogP contribution in [0.15, 0.2) is 75.8 Å². The Bertz CT molecular complexity index is 1310. The summed E-state index contributed by atoms with van der Waals surface area (Å²) >= 11 is 5.97. The average molecular weight is 489 g/mol. The third kappa shape index (κ3) is 4.74. The summed E-state index contributed by atoms with van der Waals surface area (Å²) in [6.07, 6.45) is -3.89. The van der Waals surface area contributed by atoms with Gasteiger partial charge in [0, 0.05) is 10.6 Å². The molecule has 0 radical (unpaired) electrons. The van der Waals surface area contributed by atoms with E-state index in [2.05, 4.69) is 5.10 Å². The van der Waals surface area contributed by atoms with Crippen LogP contribution in [0.1, 0.15) is 23.0 Å². The lowest BCUT2D eigenvalue weighted by atomic mass is 10.1. The molecule has 4 rings (SSSR count). The number of hydrogen-bond donors (Lipinski definition) is 0. The maximum Gasteiger partial charge on any atom is 0.435 e. The normalized spacial score (nSPS) is 15.1. The first-order chi connectivity index (χ1) is 16.2. The second kappa shape index (κ2) is 9.18. The van der Waals surface area contributed by atoms with Gasteiger partial charge in [0.1, 0.15) is 11.5 Å². The molecule has 34 heavy (non-hydrogen) atoms. The van der Waals surface area contributed by atoms with Crippen molar-refractivity contribution in [2.75, 3.05) is 11.6 Å². The second-order valence-electron chi connectivity index (χ2n) is 7.10. The molecule has 0 saturated heterocycles. The number of ether oxygens (including phenoxy) is 1. The van der Waals surface area contributed by atoms with Crippen LogP contribution >= 0.6 is 11.6 Å². The number of hydrazone groups is 1. The molecule has 0 spiro atoms. The highest BCUT2D eigenvalue weighted by molar-refractivity contribution is 6.34. The topological polar surface area (TPSA) is 72.1 Å². The number of carbonyl (C=O) groups is 2. The van der Waals surface area contributed by atoms with Gasteiger partial charge in [0.15, 0.2) is 5.71 Å². The first-order valence-corrected chi connectivity index (χ1v) is 10.4. The van der Waals surface area contributed by atoms with Crippen molar-refractivity contribution in [3.05, 3.63) is 82.6 Å². The molecule has 10 heteroatoms. The molecule has 1 aromatic heterocycles. The summed E-state index contributed by atoms with van der Waals surface area (Å²) in [5, 5.41) is 4.61. The number of alkyl halides is 3. The Balaban J connectivity index is 1.66. The minimum Gasteiger partial charge on any atom is -0.462 e. The van der Waals surface area contributed by atoms with Crippen molar-refractivity contribution in [2.24, 2.45) is 5.10 Å². The van der Waals surface area contributed by atoms with Gasteiger partial charge >= 0.3 is 12.1 Å². The van der Waals surface area contributed by atoms with E-state index in [1.807, 2.05) is 0 Å². The third-order valence-corrected chi connectivity index (χ3v) is 5.03. The molecule has 0 bridgehead atoms. The number of furan rings is 1. The fourth-order valence-electron chi connectivity index (χ4n) is 3.25. The van der Waals surface area contributed by atoms with Gasteiger partial charge in [-0.25, -0.2) is 4.79 Å². The van der Waals surface area contributed by atoms with Crippen LogP contribution < -0.4 is 5.01 Å². The van der Waals surface area contributed by atoms with Crippen LogP contribution in [0.5, 0.6) is 0 Å². The van der Waals surface area contributed by atoms with E-state index in [0.717, 1.165) is 6.08 Å². The molecule has 0 N–H and O–H groups in total. The second-order valence-corrected chi connectivity index (χ2v) is 7.54. The highest BCUT2D eigenvalue weighted by Crippen LogP contribution is 2.34. The Morgan fingerprint density at radius 3 is 2.53 bits per heavy atom. The number of amides is 1. The van der Waals surface area contributed by atoms with Crippen molar-refractivity contribution in [1.29, 1.82) is 0 Å². The number of hydrogen-bond acceptors (Lipinski definition) is 5. The average Bonchev–Trinajstić information content (AvgIpc) is 3.39. The summed E-state index contributed by atoms with van der Waals surface area (Å²) in [6.45, 7) is 1.82. The van der Waals surface area contributed by atoms with Gasteiger partial charge in [-0.3, -0.25) is 4.79 Å². The van der Waals surface area contributed by atoms with Crippen molar-refractivity contribution < 1.29 is 31.9 Å². The van der Waals surface area contributed by atoms with Crippen LogP contribution in [0.25, 0.3) is 17.4 Å². The van der Waals surface area contributed by atoms with Gasteiger partial charge in [0.25, 0.3) is 5.91 Å². The van der Waals surface area contributed by atoms with Gasteiger partial charge in [-0.05, 0) is 61.5 Å². The summed E-state index contributed by atoms with van der Waals surface area (Å²) in [4.78, 5) is 24.7. The van der Waals surface area contributed by atoms with Crippen LogP contribution in [0.4, 0.5) is 18.9 Å². The quantitative estimate of drug-likeness (QED) is 0.320. The van der Waals surface area contributed by atoms with E-state index in [0.29, 0.717) is 21.4 Å². The van der Waals surface area contributed by atoms with Crippen molar-refractivity contribution in [1.82, 2.24) is 0 Å². The molecule has 0 aliphatic carbocycles. The minimum absolute atomic E-state index is 0.0368. The molecule has 1 amide bonds. The third-order valence-electron chi connectivity index (χ3n) is 4.79. The lowest BCUT2D eigenvalue weighted by Crippen LogP contribution is -2.25. The molecule has 3 aromatic rings. The fraction of sp³-hybridized carbons (Fsp3) is 0.125. The number of nitrogens with zero attached hydrogens (tertiary/aromatic N) is 2. The van der Waals surface area contributed by atoms with Crippen molar-refractivity contribution >= 4 is 41.0 Å². The number of halogens is 4. The number of benzene rings is 2. The SMILES string of the molecule is CCOC(=O)c1ccc(N2N=C(C(F)(F)F)C(=Cc3ccc(-c4cccc(Cl)c4)o3)C2=O)cc1. The molecular weight excluding hydrogens is 473 g/mol. The fourth-order valence-corrected chi connectivity index (χ4v) is 3.44. The maximum absolute atomic E-state index is 13.7. The monoisotopic (exact) mass is 488 g/mol. The largest absolute Gasteiger partial charge is 0.462 e. The smallest absolute Gasteiger partial charge is 0.435 e. The van der Waals surface area contributed by atoms with Gasteiger partial charge in [-0.15, -0.1) is 0 Å². The molecule has 0 saturated carbocycles. The van der Waals surface area contributed by atoms with E-state index in [1.54, 1.807) is 37.3 Å². The molecule has 1 aliphatic heterocycles. The summed E-state index contributed by atoms with van der Waals surface area (Å²) < 4.78 is 51.6. The molecule has 0 fully saturated rings. The molecular formula is C24H16ClF3N2O4. The highest BCUT2D eigenvalue weighted by atomic mass is 35.5. The lowest BCUT2D eigenvalue weighted by molar-refractivity contribution is -0.114. The first kappa shape index (κ1) is 23.3. The molecule has 174 valence electrons. The van der Waals surface area contributed by atoms with Gasteiger partial charge in [0.2, 0.25) is 0 Å². The van der Waals surface area contributed by atoms with E-state index in [1.165, 1.54) is 30.3 Å². The zero-order valence-corrected chi connectivity index (χ0v) is 18.4. The molecule has 2 heterocycles. The Labute approximate surface area is 196 Å². The number of rotatable bonds is 5. The Morgan fingerprint density at radius 1 is 1.15 bits per heavy atom. The summed E-state index contributed by atoms with van der Waals surface area (Å²) in [5.74, 6) is -1.17. The van der Waals surface area contributed by atoms with Crippen LogP contribution in [0.3, 0.4) is 0 Å². The predicted octanol–water partition coefficient (Wildman–Crippen LogP) is 6.13. The maximum atomic E-state index is 13.7. The standard InChI is InChI=1S/C24H16ClF3N2O4/c1-2-33-23(32)14-6-8-17(9-7-14)30-22(31)19(21(29-30)24(26,27)28)13-18-10-11-20(34-18)15-4-3-5-16(25)12-15/h3-13H,2H2,1H3. The number of anilines is 1. The van der Waals surface area contributed by atoms with Crippen LogP contribution in [-0.2, 0) is 9.53 Å². The summed E-state index contributed by atoms with van der Waals surface area (Å²) in [7, 11) is 0. The number of carbonyl (C=O) groups excluding carboxylic acids is 2. The van der Waals surface area contributed by atoms with Gasteiger partial charge in [-0.1, -0.05) is 23.7 Å². The van der Waals surface area contributed by atoms with Crippen LogP contribution in [-0.4, -0.2) is 30.4 Å². The van der Waals surface area contributed by atoms with E-state index < -0.39 is 29.3 Å². The summed E-state index contributed by atoms with van der Waals surface area (Å²) in [5.41, 5.74) is -1.15. The molecule has 6 nitrogen and oxygen atoms in total. The van der Waals surface area contributed by atoms with Crippen LogP contribution in [0.2, 0.25) is 5.02 Å². The van der Waals surface area contributed by atoms with Crippen LogP contribution in [0, 0.1) is 0 Å². The van der Waals surface area contributed by atoms with E-state index >= 15 is 0 Å². The Hall–Kier alpha value is -3.85. The molecule has 2 aromatic carbocycles. The Morgan fingerprint density at radius 2 is 1.88 bits per heavy atom. The van der Waals surface area contributed by atoms with Crippen molar-refractivity contribution in [2.45, 2.75) is 13.1 Å². The number of esters is 1. The summed E-state index contributed by atoms with van der Waals surface area (Å²) in [6, 6.07) is 15.1. The van der Waals surface area contributed by atoms with Crippen molar-refractivity contribution in [3.8, 4) is 11.3 Å². The van der Waals surface area contributed by atoms with Gasteiger partial charge in [0.05, 0.1) is 23.4 Å². The van der Waals surface area contributed by atoms with E-state index in [4.69, 9.17) is 20.8 Å². The van der Waals surface area contributed by atoms with Gasteiger partial charge in [-0.2, -0.15) is 23.3 Å². The minimum atomic E-state index is -4.89. The lowest BCUT2D eigenvalue weighted by Gasteiger charge is -2.12. The highest BCUT2D eigenvalue weighted by Gasteiger charge is 2.47. The zero-order chi connectivity index (χ0) is 24.5. The first-order valence-electron chi connectivity index (χ1n) is 10.0. The molecule has 0 unspecified atom stereocenters. The van der Waals surface area contributed by atoms with E-state index in [-0.39, 0.29) is 23.6 Å². The van der Waals surface area contributed by atoms with Gasteiger partial charge < -0.3 is 9.15 Å². The zero-order valence-electron chi connectivity index (χ0n) is 17.6.